The molecule has 0 aliphatic heterocycles. The van der Waals surface area contributed by atoms with Crippen molar-refractivity contribution in [3.8, 4) is 0 Å². The lowest BCUT2D eigenvalue weighted by Crippen LogP contribution is -2.41. The van der Waals surface area contributed by atoms with Crippen LogP contribution in [-0.4, -0.2) is 31.9 Å². The van der Waals surface area contributed by atoms with Gasteiger partial charge in [0.25, 0.3) is 0 Å². The van der Waals surface area contributed by atoms with Crippen molar-refractivity contribution in [3.05, 3.63) is 30.3 Å². The predicted molar refractivity (Wildman–Crippen MR) is 54.1 cm³/mol. The highest BCUT2D eigenvalue weighted by molar-refractivity contribution is 7.92. The summed E-state index contributed by atoms with van der Waals surface area (Å²) in [5.41, 5.74) is 0. The summed E-state index contributed by atoms with van der Waals surface area (Å²) < 4.78 is 23.5. The summed E-state index contributed by atoms with van der Waals surface area (Å²) in [6, 6.07) is 7.47. The van der Waals surface area contributed by atoms with E-state index >= 15 is 0 Å². The molecule has 0 bridgehead atoms. The molecule has 15 heavy (non-hydrogen) atoms. The number of carboxylic acids is 1. The molecule has 5 nitrogen and oxygen atoms in total. The van der Waals surface area contributed by atoms with Gasteiger partial charge in [0, 0.05) is 0 Å². The zero-order valence-electron chi connectivity index (χ0n) is 8.04. The third kappa shape index (κ3) is 2.34. The van der Waals surface area contributed by atoms with E-state index in [2.05, 4.69) is 5.32 Å². The average molecular weight is 229 g/mol. The van der Waals surface area contributed by atoms with Crippen molar-refractivity contribution in [1.29, 1.82) is 0 Å². The van der Waals surface area contributed by atoms with Crippen LogP contribution in [0.15, 0.2) is 35.2 Å². The van der Waals surface area contributed by atoms with Gasteiger partial charge in [0.05, 0.1) is 4.90 Å². The Morgan fingerprint density at radius 3 is 2.27 bits per heavy atom. The minimum absolute atomic E-state index is 0.00764. The molecular formula is C9H11NO4S. The smallest absolute Gasteiger partial charge is 0.336 e. The third-order valence-corrected chi connectivity index (χ3v) is 3.86. The van der Waals surface area contributed by atoms with Crippen molar-refractivity contribution in [2.24, 2.45) is 0 Å². The highest BCUT2D eigenvalue weighted by Crippen LogP contribution is 2.13. The highest BCUT2D eigenvalue weighted by atomic mass is 32.2. The van der Waals surface area contributed by atoms with E-state index in [1.165, 1.54) is 19.2 Å². The van der Waals surface area contributed by atoms with E-state index in [1.54, 1.807) is 18.2 Å². The molecule has 6 heteroatoms. The van der Waals surface area contributed by atoms with Gasteiger partial charge in [-0.1, -0.05) is 18.2 Å². The standard InChI is InChI=1S/C9H11NO4S/c1-10-8(9(11)12)15(13,14)7-5-3-2-4-6-7/h2-6,8,10H,1H3,(H,11,12). The van der Waals surface area contributed by atoms with E-state index in [4.69, 9.17) is 5.11 Å². The molecule has 0 aliphatic rings. The number of hydrogen-bond acceptors (Lipinski definition) is 4. The van der Waals surface area contributed by atoms with Crippen molar-refractivity contribution in [2.45, 2.75) is 10.3 Å². The van der Waals surface area contributed by atoms with Gasteiger partial charge in [-0.2, -0.15) is 0 Å². The van der Waals surface area contributed by atoms with Crippen molar-refractivity contribution in [3.63, 3.8) is 0 Å². The monoisotopic (exact) mass is 229 g/mol. The summed E-state index contributed by atoms with van der Waals surface area (Å²) in [6.07, 6.45) is 0. The summed E-state index contributed by atoms with van der Waals surface area (Å²) in [6.45, 7) is 0. The maximum absolute atomic E-state index is 11.8. The molecule has 0 aliphatic carbocycles. The molecule has 0 amide bonds. The van der Waals surface area contributed by atoms with Crippen LogP contribution in [-0.2, 0) is 14.6 Å². The molecule has 0 heterocycles. The van der Waals surface area contributed by atoms with Crippen LogP contribution in [0.5, 0.6) is 0 Å². The summed E-state index contributed by atoms with van der Waals surface area (Å²) in [5.74, 6) is -1.42. The average Bonchev–Trinajstić information content (AvgIpc) is 2.19. The zero-order chi connectivity index (χ0) is 11.5. The molecule has 1 aromatic rings. The van der Waals surface area contributed by atoms with Gasteiger partial charge in [-0.15, -0.1) is 0 Å². The Kier molecular flexibility index (Phi) is 3.43. The number of hydrogen-bond donors (Lipinski definition) is 2. The van der Waals surface area contributed by atoms with E-state index < -0.39 is 21.2 Å². The summed E-state index contributed by atoms with van der Waals surface area (Å²) in [7, 11) is -2.57. The van der Waals surface area contributed by atoms with Gasteiger partial charge in [-0.05, 0) is 19.2 Å². The Hall–Kier alpha value is -1.40. The number of sulfone groups is 1. The largest absolute Gasteiger partial charge is 0.479 e. The first-order valence-corrected chi connectivity index (χ1v) is 5.74. The Bertz CT molecular complexity index is 440. The molecule has 1 rings (SSSR count). The molecule has 1 atom stereocenters. The van der Waals surface area contributed by atoms with E-state index in [0.717, 1.165) is 0 Å². The number of nitrogens with one attached hydrogen (secondary N) is 1. The van der Waals surface area contributed by atoms with Crippen molar-refractivity contribution in [2.75, 3.05) is 7.05 Å². The van der Waals surface area contributed by atoms with E-state index in [0.29, 0.717) is 0 Å². The van der Waals surface area contributed by atoms with Gasteiger partial charge in [0.1, 0.15) is 0 Å². The van der Waals surface area contributed by atoms with Gasteiger partial charge in [0.15, 0.2) is 0 Å². The number of likely N-dealkylation sites (N-methyl/N-ethyl adjacent to an activating group) is 1. The topological polar surface area (TPSA) is 83.5 Å². The third-order valence-electron chi connectivity index (χ3n) is 1.87. The van der Waals surface area contributed by atoms with Crippen LogP contribution in [0.2, 0.25) is 0 Å². The molecule has 0 saturated heterocycles. The summed E-state index contributed by atoms with van der Waals surface area (Å²) in [5, 5.41) is 9.37. The minimum atomic E-state index is -3.86. The molecule has 2 N–H and O–H groups in total. The van der Waals surface area contributed by atoms with Crippen LogP contribution in [0.25, 0.3) is 0 Å². The quantitative estimate of drug-likeness (QED) is 0.764. The zero-order valence-corrected chi connectivity index (χ0v) is 8.86. The van der Waals surface area contributed by atoms with Crippen LogP contribution in [0.3, 0.4) is 0 Å². The highest BCUT2D eigenvalue weighted by Gasteiger charge is 2.32. The lowest BCUT2D eigenvalue weighted by molar-refractivity contribution is -0.137. The van der Waals surface area contributed by atoms with Crippen molar-refractivity contribution in [1.82, 2.24) is 5.32 Å². The molecule has 0 radical (unpaired) electrons. The van der Waals surface area contributed by atoms with E-state index in [-0.39, 0.29) is 4.90 Å². The molecule has 1 unspecified atom stereocenters. The Morgan fingerprint density at radius 2 is 1.87 bits per heavy atom. The van der Waals surface area contributed by atoms with Crippen LogP contribution in [0.4, 0.5) is 0 Å². The molecule has 0 saturated carbocycles. The summed E-state index contributed by atoms with van der Waals surface area (Å²) in [4.78, 5) is 10.7. The fourth-order valence-electron chi connectivity index (χ4n) is 1.16. The number of carboxylic acid groups (broad SMARTS) is 1. The Labute approximate surface area is 87.7 Å². The van der Waals surface area contributed by atoms with Crippen molar-refractivity contribution >= 4 is 15.8 Å². The first-order valence-electron chi connectivity index (χ1n) is 4.19. The van der Waals surface area contributed by atoms with Gasteiger partial charge >= 0.3 is 5.97 Å². The fraction of sp³-hybridized carbons (Fsp3) is 0.222. The van der Waals surface area contributed by atoms with Crippen LogP contribution in [0, 0.1) is 0 Å². The Morgan fingerprint density at radius 1 is 1.33 bits per heavy atom. The molecular weight excluding hydrogens is 218 g/mol. The van der Waals surface area contributed by atoms with Crippen LogP contribution >= 0.6 is 0 Å². The molecule has 1 aromatic carbocycles. The number of benzene rings is 1. The molecule has 0 aromatic heterocycles. The number of aliphatic carboxylic acids is 1. The number of rotatable bonds is 4. The second-order valence-electron chi connectivity index (χ2n) is 2.87. The molecule has 0 fully saturated rings. The van der Waals surface area contributed by atoms with Crippen molar-refractivity contribution < 1.29 is 18.3 Å². The van der Waals surface area contributed by atoms with Crippen LogP contribution in [0.1, 0.15) is 0 Å². The summed E-state index contributed by atoms with van der Waals surface area (Å²) >= 11 is 0. The van der Waals surface area contributed by atoms with Crippen LogP contribution < -0.4 is 5.32 Å². The fourth-order valence-corrected chi connectivity index (χ4v) is 2.54. The van der Waals surface area contributed by atoms with Gasteiger partial charge in [-0.25, -0.2) is 13.2 Å². The predicted octanol–water partition coefficient (Wildman–Crippen LogP) is 0.0904. The Balaban J connectivity index is 3.19. The van der Waals surface area contributed by atoms with Gasteiger partial charge in [-0.3, -0.25) is 5.32 Å². The normalized spacial score (nSPS) is 13.4. The molecule has 0 spiro atoms. The lowest BCUT2D eigenvalue weighted by atomic mass is 10.4. The first-order chi connectivity index (χ1) is 7.00. The molecule has 82 valence electrons. The first kappa shape index (κ1) is 11.7. The SMILES string of the molecule is CNC(C(=O)O)S(=O)(=O)c1ccccc1. The van der Waals surface area contributed by atoms with E-state index in [9.17, 15) is 13.2 Å². The van der Waals surface area contributed by atoms with Gasteiger partial charge in [0.2, 0.25) is 15.2 Å². The lowest BCUT2D eigenvalue weighted by Gasteiger charge is -2.11. The second-order valence-corrected chi connectivity index (χ2v) is 4.90. The maximum atomic E-state index is 11.8. The van der Waals surface area contributed by atoms with Gasteiger partial charge < -0.3 is 5.11 Å². The maximum Gasteiger partial charge on any atom is 0.336 e. The van der Waals surface area contributed by atoms with E-state index in [1.807, 2.05) is 0 Å². The number of carbonyl (C=O) groups is 1. The minimum Gasteiger partial charge on any atom is -0.479 e. The second kappa shape index (κ2) is 4.41.